The summed E-state index contributed by atoms with van der Waals surface area (Å²) in [5.74, 6) is -5.57. The average Bonchev–Trinajstić information content (AvgIpc) is 2.74. The van der Waals surface area contributed by atoms with Crippen LogP contribution in [0.15, 0.2) is 48.0 Å². The SMILES string of the molecule is O=C(O)C1=C[C@@H](OC(=O)c2ccc(O)c(O)c2)[C@@H](O)[C@H](OC(=O)c2ccc(O)c(O)c2)C1. The summed E-state index contributed by atoms with van der Waals surface area (Å²) >= 11 is 0. The van der Waals surface area contributed by atoms with Crippen LogP contribution in [0.5, 0.6) is 23.0 Å². The van der Waals surface area contributed by atoms with Crippen LogP contribution < -0.4 is 0 Å². The standard InChI is InChI=1S/C21H18O11/c22-12-3-1-9(5-14(12)24)20(29)31-16-7-11(19(27)28)8-17(18(16)26)32-21(30)10-2-4-13(23)15(25)6-10/h1-7,16-18,22-26H,8H2,(H,27,28)/t16-,17-,18-/m1/s1. The molecule has 3 atom stereocenters. The van der Waals surface area contributed by atoms with Crippen LogP contribution in [0.25, 0.3) is 0 Å². The van der Waals surface area contributed by atoms with Crippen LogP contribution in [0.4, 0.5) is 0 Å². The molecule has 168 valence electrons. The molecule has 1 aliphatic rings. The Hall–Kier alpha value is -4.25. The summed E-state index contributed by atoms with van der Waals surface area (Å²) in [5.41, 5.74) is -0.642. The minimum Gasteiger partial charge on any atom is -0.504 e. The molecule has 0 saturated heterocycles. The molecule has 11 nitrogen and oxygen atoms in total. The molecule has 32 heavy (non-hydrogen) atoms. The second-order valence-corrected chi connectivity index (χ2v) is 6.91. The van der Waals surface area contributed by atoms with E-state index < -0.39 is 59.2 Å². The molecule has 2 aromatic carbocycles. The quantitative estimate of drug-likeness (QED) is 0.284. The number of benzene rings is 2. The minimum absolute atomic E-state index is 0.174. The number of carboxylic acids is 1. The van der Waals surface area contributed by atoms with E-state index in [1.165, 1.54) is 0 Å². The third-order valence-electron chi connectivity index (χ3n) is 4.70. The van der Waals surface area contributed by atoms with Crippen LogP contribution in [0.2, 0.25) is 0 Å². The zero-order chi connectivity index (χ0) is 23.6. The van der Waals surface area contributed by atoms with Gasteiger partial charge in [-0.25, -0.2) is 14.4 Å². The van der Waals surface area contributed by atoms with Crippen LogP contribution in [0, 0.1) is 0 Å². The van der Waals surface area contributed by atoms with Gasteiger partial charge in [0.25, 0.3) is 0 Å². The maximum atomic E-state index is 12.4. The Balaban J connectivity index is 1.80. The highest BCUT2D eigenvalue weighted by atomic mass is 16.6. The first kappa shape index (κ1) is 22.4. The van der Waals surface area contributed by atoms with Crippen molar-refractivity contribution < 1.29 is 54.5 Å². The lowest BCUT2D eigenvalue weighted by Crippen LogP contribution is -2.45. The van der Waals surface area contributed by atoms with E-state index in [-0.39, 0.29) is 23.1 Å². The Morgan fingerprint density at radius 3 is 1.75 bits per heavy atom. The van der Waals surface area contributed by atoms with Crippen molar-refractivity contribution in [2.45, 2.75) is 24.7 Å². The number of phenolic OH excluding ortho intramolecular Hbond substituents is 4. The molecule has 0 heterocycles. The zero-order valence-corrected chi connectivity index (χ0v) is 16.2. The van der Waals surface area contributed by atoms with Gasteiger partial charge in [0.1, 0.15) is 12.2 Å². The number of aromatic hydroxyl groups is 4. The smallest absolute Gasteiger partial charge is 0.338 e. The molecule has 11 heteroatoms. The summed E-state index contributed by atoms with van der Waals surface area (Å²) in [6.45, 7) is 0. The van der Waals surface area contributed by atoms with Gasteiger partial charge in [-0.3, -0.25) is 0 Å². The van der Waals surface area contributed by atoms with Crippen molar-refractivity contribution in [2.75, 3.05) is 0 Å². The Morgan fingerprint density at radius 1 is 0.781 bits per heavy atom. The predicted molar refractivity (Wildman–Crippen MR) is 104 cm³/mol. The van der Waals surface area contributed by atoms with Crippen LogP contribution in [0.3, 0.4) is 0 Å². The average molecular weight is 446 g/mol. The number of aliphatic hydroxyl groups excluding tert-OH is 1. The van der Waals surface area contributed by atoms with Crippen LogP contribution in [-0.4, -0.2) is 66.9 Å². The maximum absolute atomic E-state index is 12.4. The molecule has 0 aromatic heterocycles. The van der Waals surface area contributed by atoms with Crippen molar-refractivity contribution in [3.63, 3.8) is 0 Å². The summed E-state index contributed by atoms with van der Waals surface area (Å²) in [6.07, 6.45) is -3.95. The van der Waals surface area contributed by atoms with Gasteiger partial charge in [-0.15, -0.1) is 0 Å². The number of aliphatic carboxylic acids is 1. The summed E-state index contributed by atoms with van der Waals surface area (Å²) in [7, 11) is 0. The summed E-state index contributed by atoms with van der Waals surface area (Å²) in [4.78, 5) is 36.2. The Kier molecular flexibility index (Phi) is 6.21. The summed E-state index contributed by atoms with van der Waals surface area (Å²) < 4.78 is 10.3. The van der Waals surface area contributed by atoms with Crippen LogP contribution in [-0.2, 0) is 14.3 Å². The second-order valence-electron chi connectivity index (χ2n) is 6.91. The van der Waals surface area contributed by atoms with Gasteiger partial charge in [-0.2, -0.15) is 0 Å². The summed E-state index contributed by atoms with van der Waals surface area (Å²) in [5, 5.41) is 57.6. The Labute approximate surface area is 180 Å². The number of esters is 2. The molecule has 0 spiro atoms. The number of ether oxygens (including phenoxy) is 2. The molecule has 6 N–H and O–H groups in total. The lowest BCUT2D eigenvalue weighted by molar-refractivity contribution is -0.134. The largest absolute Gasteiger partial charge is 0.504 e. The Morgan fingerprint density at radius 2 is 1.28 bits per heavy atom. The molecule has 0 radical (unpaired) electrons. The summed E-state index contributed by atoms with van der Waals surface area (Å²) in [6, 6.07) is 6.22. The number of carbonyl (C=O) groups is 3. The second kappa shape index (κ2) is 8.86. The van der Waals surface area contributed by atoms with E-state index in [9.17, 15) is 45.0 Å². The number of hydrogen-bond acceptors (Lipinski definition) is 10. The van der Waals surface area contributed by atoms with Crippen molar-refractivity contribution in [3.05, 3.63) is 59.2 Å². The van der Waals surface area contributed by atoms with E-state index in [4.69, 9.17) is 9.47 Å². The minimum atomic E-state index is -1.64. The molecule has 0 unspecified atom stereocenters. The number of hydrogen-bond donors (Lipinski definition) is 6. The third kappa shape index (κ3) is 4.73. The first-order valence-electron chi connectivity index (χ1n) is 9.14. The first-order chi connectivity index (χ1) is 15.1. The number of carbonyl (C=O) groups excluding carboxylic acids is 2. The highest BCUT2D eigenvalue weighted by Gasteiger charge is 2.39. The lowest BCUT2D eigenvalue weighted by Gasteiger charge is -2.32. The van der Waals surface area contributed by atoms with Crippen molar-refractivity contribution in [1.82, 2.24) is 0 Å². The highest BCUT2D eigenvalue weighted by molar-refractivity contribution is 5.92. The monoisotopic (exact) mass is 446 g/mol. The van der Waals surface area contributed by atoms with Gasteiger partial charge in [-0.05, 0) is 42.5 Å². The van der Waals surface area contributed by atoms with Gasteiger partial charge in [0.05, 0.1) is 11.1 Å². The molecule has 0 bridgehead atoms. The predicted octanol–water partition coefficient (Wildman–Crippen LogP) is 1.04. The molecule has 0 amide bonds. The van der Waals surface area contributed by atoms with E-state index in [2.05, 4.69) is 0 Å². The van der Waals surface area contributed by atoms with Gasteiger partial charge in [0.15, 0.2) is 29.1 Å². The molecular formula is C21H18O11. The number of phenols is 4. The maximum Gasteiger partial charge on any atom is 0.338 e. The molecule has 1 aliphatic carbocycles. The van der Waals surface area contributed by atoms with E-state index in [1.807, 2.05) is 0 Å². The molecule has 2 aromatic rings. The van der Waals surface area contributed by atoms with Gasteiger partial charge >= 0.3 is 17.9 Å². The van der Waals surface area contributed by atoms with Crippen LogP contribution >= 0.6 is 0 Å². The molecule has 3 rings (SSSR count). The molecule has 0 saturated carbocycles. The van der Waals surface area contributed by atoms with E-state index in [0.717, 1.165) is 42.5 Å². The number of rotatable bonds is 5. The Bertz CT molecular complexity index is 1100. The fourth-order valence-electron chi connectivity index (χ4n) is 2.99. The highest BCUT2D eigenvalue weighted by Crippen LogP contribution is 2.29. The van der Waals surface area contributed by atoms with Crippen molar-refractivity contribution in [1.29, 1.82) is 0 Å². The number of carboxylic acid groups (broad SMARTS) is 1. The zero-order valence-electron chi connectivity index (χ0n) is 16.2. The normalized spacial score (nSPS) is 20.2. The van der Waals surface area contributed by atoms with E-state index in [0.29, 0.717) is 0 Å². The fourth-order valence-corrected chi connectivity index (χ4v) is 2.99. The van der Waals surface area contributed by atoms with E-state index in [1.54, 1.807) is 0 Å². The first-order valence-corrected chi connectivity index (χ1v) is 9.14. The fraction of sp³-hybridized carbons (Fsp3) is 0.190. The van der Waals surface area contributed by atoms with Gasteiger partial charge in [-0.1, -0.05) is 0 Å². The topological polar surface area (TPSA) is 191 Å². The van der Waals surface area contributed by atoms with Crippen molar-refractivity contribution in [2.24, 2.45) is 0 Å². The van der Waals surface area contributed by atoms with E-state index >= 15 is 0 Å². The molecule has 0 fully saturated rings. The van der Waals surface area contributed by atoms with Gasteiger partial charge in [0, 0.05) is 12.0 Å². The van der Waals surface area contributed by atoms with Crippen LogP contribution in [0.1, 0.15) is 27.1 Å². The van der Waals surface area contributed by atoms with Gasteiger partial charge < -0.3 is 40.1 Å². The van der Waals surface area contributed by atoms with Crippen molar-refractivity contribution >= 4 is 17.9 Å². The third-order valence-corrected chi connectivity index (χ3v) is 4.70. The van der Waals surface area contributed by atoms with Gasteiger partial charge in [0.2, 0.25) is 0 Å². The van der Waals surface area contributed by atoms with Crippen molar-refractivity contribution in [3.8, 4) is 23.0 Å². The molecular weight excluding hydrogens is 428 g/mol. The number of aliphatic hydroxyl groups is 1. The lowest BCUT2D eigenvalue weighted by atomic mass is 9.91. The molecule has 0 aliphatic heterocycles.